The number of benzene rings is 2. The van der Waals surface area contributed by atoms with E-state index in [9.17, 15) is 19.3 Å². The van der Waals surface area contributed by atoms with Gasteiger partial charge in [-0.25, -0.2) is 14.2 Å². The van der Waals surface area contributed by atoms with Crippen molar-refractivity contribution in [2.45, 2.75) is 0 Å². The van der Waals surface area contributed by atoms with E-state index in [4.69, 9.17) is 9.47 Å². The van der Waals surface area contributed by atoms with Crippen LogP contribution >= 0.6 is 0 Å². The lowest BCUT2D eigenvalue weighted by atomic mass is 10.1. The fourth-order valence-electron chi connectivity index (χ4n) is 2.26. The second-order valence-electron chi connectivity index (χ2n) is 5.03. The lowest BCUT2D eigenvalue weighted by Crippen LogP contribution is -2.07. The van der Waals surface area contributed by atoms with E-state index < -0.39 is 16.7 Å². The summed E-state index contributed by atoms with van der Waals surface area (Å²) in [6.45, 7) is 0. The Kier molecular flexibility index (Phi) is 4.25. The topological polar surface area (TPSA) is 91.0 Å². The van der Waals surface area contributed by atoms with Gasteiger partial charge in [0.25, 0.3) is 5.69 Å². The van der Waals surface area contributed by atoms with E-state index in [0.29, 0.717) is 5.56 Å². The lowest BCUT2D eigenvalue weighted by molar-refractivity contribution is -0.384. The highest BCUT2D eigenvalue weighted by molar-refractivity contribution is 6.14. The third-order valence-corrected chi connectivity index (χ3v) is 3.40. The minimum Gasteiger partial charge on any atom is -0.496 e. The zero-order chi connectivity index (χ0) is 18.0. The summed E-state index contributed by atoms with van der Waals surface area (Å²) in [5.41, 5.74) is 0.363. The molecule has 0 atom stereocenters. The summed E-state index contributed by atoms with van der Waals surface area (Å²) in [5.74, 6) is -1.05. The Bertz CT molecular complexity index is 936. The molecule has 0 aromatic heterocycles. The summed E-state index contributed by atoms with van der Waals surface area (Å²) >= 11 is 0. The number of nitrogens with zero attached hydrogens (tertiary/aromatic N) is 2. The molecular formula is C17H11FN2O5. The summed E-state index contributed by atoms with van der Waals surface area (Å²) in [6.07, 6.45) is 1.36. The Morgan fingerprint density at radius 2 is 2.08 bits per heavy atom. The van der Waals surface area contributed by atoms with Gasteiger partial charge in [0.05, 0.1) is 17.6 Å². The van der Waals surface area contributed by atoms with E-state index >= 15 is 0 Å². The molecule has 0 saturated carbocycles. The van der Waals surface area contributed by atoms with E-state index in [1.54, 1.807) is 6.07 Å². The van der Waals surface area contributed by atoms with Crippen molar-refractivity contribution in [1.82, 2.24) is 0 Å². The fourth-order valence-corrected chi connectivity index (χ4v) is 2.26. The van der Waals surface area contributed by atoms with Crippen LogP contribution in [0.4, 0.5) is 10.1 Å². The van der Waals surface area contributed by atoms with Crippen LogP contribution in [0.15, 0.2) is 53.2 Å². The van der Waals surface area contributed by atoms with E-state index in [1.807, 2.05) is 0 Å². The second kappa shape index (κ2) is 6.52. The molecule has 0 spiro atoms. The smallest absolute Gasteiger partial charge is 0.363 e. The van der Waals surface area contributed by atoms with Crippen molar-refractivity contribution in [3.8, 4) is 5.75 Å². The van der Waals surface area contributed by atoms with Crippen molar-refractivity contribution >= 4 is 23.6 Å². The molecule has 0 bridgehead atoms. The first-order valence-corrected chi connectivity index (χ1v) is 7.09. The van der Waals surface area contributed by atoms with Gasteiger partial charge in [0, 0.05) is 12.1 Å². The quantitative estimate of drug-likeness (QED) is 0.368. The standard InChI is InChI=1S/C17H11FN2O5/c1-24-15-6-5-12(20(22)23)9-13(15)16-19-14(17(21)25-16)8-10-3-2-4-11(18)7-10/h2-9H,1H3. The molecule has 0 fully saturated rings. The van der Waals surface area contributed by atoms with E-state index in [0.717, 1.165) is 0 Å². The monoisotopic (exact) mass is 342 g/mol. The zero-order valence-electron chi connectivity index (χ0n) is 12.9. The number of non-ortho nitro benzene ring substituents is 1. The van der Waals surface area contributed by atoms with E-state index in [2.05, 4.69) is 4.99 Å². The largest absolute Gasteiger partial charge is 0.496 e. The van der Waals surface area contributed by atoms with Crippen molar-refractivity contribution in [3.63, 3.8) is 0 Å². The van der Waals surface area contributed by atoms with Crippen molar-refractivity contribution < 1.29 is 23.6 Å². The number of halogens is 1. The summed E-state index contributed by atoms with van der Waals surface area (Å²) in [5, 5.41) is 10.9. The maximum atomic E-state index is 13.2. The van der Waals surface area contributed by atoms with Crippen LogP contribution in [-0.2, 0) is 9.53 Å². The van der Waals surface area contributed by atoms with Gasteiger partial charge in [-0.1, -0.05) is 12.1 Å². The van der Waals surface area contributed by atoms with E-state index in [1.165, 1.54) is 49.6 Å². The molecule has 1 aliphatic rings. The number of carbonyl (C=O) groups is 1. The molecule has 0 amide bonds. The van der Waals surface area contributed by atoms with Crippen LogP contribution in [0.1, 0.15) is 11.1 Å². The van der Waals surface area contributed by atoms with Crippen LogP contribution in [0, 0.1) is 15.9 Å². The highest BCUT2D eigenvalue weighted by Gasteiger charge is 2.27. The first-order valence-electron chi connectivity index (χ1n) is 7.09. The molecule has 2 aromatic carbocycles. The SMILES string of the molecule is COc1ccc([N+](=O)[O-])cc1C1=NC(=Cc2cccc(F)c2)C(=O)O1. The number of hydrogen-bond acceptors (Lipinski definition) is 6. The summed E-state index contributed by atoms with van der Waals surface area (Å²) in [6, 6.07) is 9.47. The molecule has 0 saturated heterocycles. The number of ether oxygens (including phenoxy) is 2. The Morgan fingerprint density at radius 1 is 1.28 bits per heavy atom. The van der Waals surface area contributed by atoms with Gasteiger partial charge in [-0.2, -0.15) is 0 Å². The number of aliphatic imine (C=N–C) groups is 1. The number of esters is 1. The Hall–Kier alpha value is -3.55. The summed E-state index contributed by atoms with van der Waals surface area (Å²) in [7, 11) is 1.38. The van der Waals surface area contributed by atoms with Crippen LogP contribution in [0.25, 0.3) is 6.08 Å². The van der Waals surface area contributed by atoms with Crippen molar-refractivity contribution in [2.75, 3.05) is 7.11 Å². The molecule has 0 aliphatic carbocycles. The van der Waals surface area contributed by atoms with Gasteiger partial charge in [-0.15, -0.1) is 0 Å². The molecule has 8 heteroatoms. The van der Waals surface area contributed by atoms with Gasteiger partial charge in [0.15, 0.2) is 5.70 Å². The number of rotatable bonds is 4. The molecular weight excluding hydrogens is 331 g/mol. The predicted molar refractivity (Wildman–Crippen MR) is 86.7 cm³/mol. The van der Waals surface area contributed by atoms with Crippen LogP contribution in [0.3, 0.4) is 0 Å². The molecule has 1 aliphatic heterocycles. The minimum atomic E-state index is -0.743. The number of nitro groups is 1. The molecule has 126 valence electrons. The maximum absolute atomic E-state index is 13.2. The Balaban J connectivity index is 2.03. The van der Waals surface area contributed by atoms with Gasteiger partial charge >= 0.3 is 5.97 Å². The molecule has 0 radical (unpaired) electrons. The van der Waals surface area contributed by atoms with Gasteiger partial charge < -0.3 is 9.47 Å². The first-order chi connectivity index (χ1) is 12.0. The summed E-state index contributed by atoms with van der Waals surface area (Å²) < 4.78 is 23.5. The van der Waals surface area contributed by atoms with Gasteiger partial charge in [-0.05, 0) is 29.8 Å². The molecule has 3 rings (SSSR count). The van der Waals surface area contributed by atoms with Crippen LogP contribution in [0.5, 0.6) is 5.75 Å². The third kappa shape index (κ3) is 3.37. The first kappa shape index (κ1) is 16.3. The Labute approximate surface area is 141 Å². The normalized spacial score (nSPS) is 15.0. The molecule has 0 N–H and O–H groups in total. The highest BCUT2D eigenvalue weighted by Crippen LogP contribution is 2.28. The van der Waals surface area contributed by atoms with Crippen LogP contribution in [0.2, 0.25) is 0 Å². The van der Waals surface area contributed by atoms with Crippen LogP contribution < -0.4 is 4.74 Å². The van der Waals surface area contributed by atoms with Crippen molar-refractivity contribution in [2.24, 2.45) is 4.99 Å². The molecule has 0 unspecified atom stereocenters. The molecule has 7 nitrogen and oxygen atoms in total. The number of carbonyl (C=O) groups excluding carboxylic acids is 1. The van der Waals surface area contributed by atoms with E-state index in [-0.39, 0.29) is 28.6 Å². The molecule has 25 heavy (non-hydrogen) atoms. The van der Waals surface area contributed by atoms with Gasteiger partial charge in [-0.3, -0.25) is 10.1 Å². The van der Waals surface area contributed by atoms with Crippen LogP contribution in [-0.4, -0.2) is 23.9 Å². The molecule has 2 aromatic rings. The van der Waals surface area contributed by atoms with Crippen molar-refractivity contribution in [1.29, 1.82) is 0 Å². The third-order valence-electron chi connectivity index (χ3n) is 3.40. The average Bonchev–Trinajstić information content (AvgIpc) is 2.95. The summed E-state index contributed by atoms with van der Waals surface area (Å²) in [4.78, 5) is 26.4. The fraction of sp³-hybridized carbons (Fsp3) is 0.0588. The predicted octanol–water partition coefficient (Wildman–Crippen LogP) is 3.09. The maximum Gasteiger partial charge on any atom is 0.363 e. The Morgan fingerprint density at radius 3 is 2.76 bits per heavy atom. The minimum absolute atomic E-state index is 0.0471. The lowest BCUT2D eigenvalue weighted by Gasteiger charge is -2.06. The number of hydrogen-bond donors (Lipinski definition) is 0. The second-order valence-corrected chi connectivity index (χ2v) is 5.03. The zero-order valence-corrected chi connectivity index (χ0v) is 12.9. The number of methoxy groups -OCH3 is 1. The van der Waals surface area contributed by atoms with Crippen molar-refractivity contribution in [3.05, 3.63) is 75.2 Å². The van der Waals surface area contributed by atoms with Gasteiger partial charge in [0.2, 0.25) is 5.90 Å². The molecule has 1 heterocycles. The average molecular weight is 342 g/mol. The number of nitro benzene ring substituents is 1. The highest BCUT2D eigenvalue weighted by atomic mass is 19.1. The van der Waals surface area contributed by atoms with Gasteiger partial charge in [0.1, 0.15) is 11.6 Å². The number of cyclic esters (lactones) is 1.